The predicted octanol–water partition coefficient (Wildman–Crippen LogP) is 3.27. The Morgan fingerprint density at radius 3 is 2.78 bits per heavy atom. The Labute approximate surface area is 137 Å². The van der Waals surface area contributed by atoms with Crippen molar-refractivity contribution in [3.63, 3.8) is 0 Å². The van der Waals surface area contributed by atoms with E-state index in [4.69, 9.17) is 4.74 Å². The van der Waals surface area contributed by atoms with Gasteiger partial charge in [-0.15, -0.1) is 0 Å². The fourth-order valence-corrected chi connectivity index (χ4v) is 2.39. The Kier molecular flexibility index (Phi) is 6.20. The SMILES string of the molecule is CCCC(=O)NCCNc1nc2ccc(OCC)cc2cc1C. The molecule has 1 amide bonds. The molecule has 1 aromatic carbocycles. The first-order valence-corrected chi connectivity index (χ1v) is 8.18. The zero-order chi connectivity index (χ0) is 16.7. The molecule has 1 heterocycles. The van der Waals surface area contributed by atoms with Gasteiger partial charge in [0.15, 0.2) is 0 Å². The molecular formula is C18H25N3O2. The summed E-state index contributed by atoms with van der Waals surface area (Å²) in [5.74, 6) is 1.81. The molecule has 0 spiro atoms. The van der Waals surface area contributed by atoms with Crippen molar-refractivity contribution in [2.24, 2.45) is 0 Å². The average Bonchev–Trinajstić information content (AvgIpc) is 2.52. The monoisotopic (exact) mass is 315 g/mol. The van der Waals surface area contributed by atoms with Crippen LogP contribution in [-0.2, 0) is 4.79 Å². The summed E-state index contributed by atoms with van der Waals surface area (Å²) in [6.45, 7) is 7.91. The minimum atomic E-state index is 0.0981. The molecule has 23 heavy (non-hydrogen) atoms. The van der Waals surface area contributed by atoms with Gasteiger partial charge in [-0.3, -0.25) is 4.79 Å². The van der Waals surface area contributed by atoms with Crippen molar-refractivity contribution in [1.82, 2.24) is 10.3 Å². The van der Waals surface area contributed by atoms with E-state index in [1.165, 1.54) is 0 Å². The lowest BCUT2D eigenvalue weighted by atomic mass is 10.1. The van der Waals surface area contributed by atoms with Crippen LogP contribution >= 0.6 is 0 Å². The van der Waals surface area contributed by atoms with Crippen molar-refractivity contribution in [3.8, 4) is 5.75 Å². The van der Waals surface area contributed by atoms with Crippen LogP contribution in [0.2, 0.25) is 0 Å². The van der Waals surface area contributed by atoms with Crippen LogP contribution < -0.4 is 15.4 Å². The largest absolute Gasteiger partial charge is 0.494 e. The van der Waals surface area contributed by atoms with E-state index in [1.54, 1.807) is 0 Å². The number of aromatic nitrogens is 1. The van der Waals surface area contributed by atoms with E-state index in [2.05, 4.69) is 21.7 Å². The number of rotatable bonds is 8. The third-order valence-electron chi connectivity index (χ3n) is 3.50. The molecule has 5 nitrogen and oxygen atoms in total. The van der Waals surface area contributed by atoms with E-state index < -0.39 is 0 Å². The summed E-state index contributed by atoms with van der Waals surface area (Å²) in [4.78, 5) is 16.1. The summed E-state index contributed by atoms with van der Waals surface area (Å²) in [5.41, 5.74) is 2.00. The third kappa shape index (κ3) is 4.84. The van der Waals surface area contributed by atoms with Crippen molar-refractivity contribution >= 4 is 22.6 Å². The molecule has 0 radical (unpaired) electrons. The van der Waals surface area contributed by atoms with Crippen LogP contribution in [-0.4, -0.2) is 30.6 Å². The Bertz CT molecular complexity index is 671. The number of anilines is 1. The van der Waals surface area contributed by atoms with Crippen LogP contribution in [0.5, 0.6) is 5.75 Å². The smallest absolute Gasteiger partial charge is 0.220 e. The van der Waals surface area contributed by atoms with Crippen molar-refractivity contribution in [1.29, 1.82) is 0 Å². The maximum atomic E-state index is 11.4. The molecule has 0 saturated heterocycles. The van der Waals surface area contributed by atoms with Gasteiger partial charge in [-0.05, 0) is 50.1 Å². The Morgan fingerprint density at radius 1 is 1.22 bits per heavy atom. The number of ether oxygens (including phenoxy) is 1. The number of hydrogen-bond donors (Lipinski definition) is 2. The number of hydrogen-bond acceptors (Lipinski definition) is 4. The summed E-state index contributed by atoms with van der Waals surface area (Å²) in [5, 5.41) is 7.24. The van der Waals surface area contributed by atoms with Gasteiger partial charge in [0.1, 0.15) is 11.6 Å². The number of pyridine rings is 1. The highest BCUT2D eigenvalue weighted by atomic mass is 16.5. The minimum Gasteiger partial charge on any atom is -0.494 e. The highest BCUT2D eigenvalue weighted by Crippen LogP contribution is 2.23. The number of aryl methyl sites for hydroxylation is 1. The first-order valence-electron chi connectivity index (χ1n) is 8.18. The Balaban J connectivity index is 1.99. The van der Waals surface area contributed by atoms with Crippen molar-refractivity contribution in [2.45, 2.75) is 33.6 Å². The van der Waals surface area contributed by atoms with Gasteiger partial charge in [0.25, 0.3) is 0 Å². The molecular weight excluding hydrogens is 290 g/mol. The highest BCUT2D eigenvalue weighted by Gasteiger charge is 2.05. The third-order valence-corrected chi connectivity index (χ3v) is 3.50. The van der Waals surface area contributed by atoms with Crippen LogP contribution in [0.15, 0.2) is 24.3 Å². The molecule has 5 heteroatoms. The van der Waals surface area contributed by atoms with Gasteiger partial charge in [-0.2, -0.15) is 0 Å². The molecule has 2 aromatic rings. The van der Waals surface area contributed by atoms with E-state index >= 15 is 0 Å². The van der Waals surface area contributed by atoms with Gasteiger partial charge in [0.2, 0.25) is 5.91 Å². The minimum absolute atomic E-state index is 0.0981. The Morgan fingerprint density at radius 2 is 2.04 bits per heavy atom. The molecule has 0 aliphatic carbocycles. The fourth-order valence-electron chi connectivity index (χ4n) is 2.39. The summed E-state index contributed by atoms with van der Waals surface area (Å²) in [6.07, 6.45) is 1.45. The molecule has 0 fully saturated rings. The number of nitrogens with one attached hydrogen (secondary N) is 2. The van der Waals surface area contributed by atoms with Gasteiger partial charge in [0, 0.05) is 24.9 Å². The lowest BCUT2D eigenvalue weighted by molar-refractivity contribution is -0.121. The zero-order valence-electron chi connectivity index (χ0n) is 14.1. The average molecular weight is 315 g/mol. The van der Waals surface area contributed by atoms with E-state index in [0.717, 1.165) is 34.5 Å². The van der Waals surface area contributed by atoms with Gasteiger partial charge in [-0.25, -0.2) is 4.98 Å². The molecule has 0 bridgehead atoms. The Hall–Kier alpha value is -2.30. The van der Waals surface area contributed by atoms with E-state index in [9.17, 15) is 4.79 Å². The molecule has 2 N–H and O–H groups in total. The molecule has 0 aliphatic rings. The van der Waals surface area contributed by atoms with Crippen LogP contribution in [0.4, 0.5) is 5.82 Å². The topological polar surface area (TPSA) is 63.2 Å². The number of benzene rings is 1. The first kappa shape index (κ1) is 17.1. The van der Waals surface area contributed by atoms with Gasteiger partial charge in [-0.1, -0.05) is 6.92 Å². The van der Waals surface area contributed by atoms with Crippen LogP contribution in [0, 0.1) is 6.92 Å². The quantitative estimate of drug-likeness (QED) is 0.734. The summed E-state index contributed by atoms with van der Waals surface area (Å²) < 4.78 is 5.52. The van der Waals surface area contributed by atoms with Crippen LogP contribution in [0.25, 0.3) is 10.9 Å². The first-order chi connectivity index (χ1) is 11.1. The number of carbonyl (C=O) groups excluding carboxylic acids is 1. The lowest BCUT2D eigenvalue weighted by Crippen LogP contribution is -2.28. The number of nitrogens with zero attached hydrogens (tertiary/aromatic N) is 1. The molecule has 1 aromatic heterocycles. The van der Waals surface area contributed by atoms with Gasteiger partial charge < -0.3 is 15.4 Å². The number of fused-ring (bicyclic) bond motifs is 1. The summed E-state index contributed by atoms with van der Waals surface area (Å²) in [6, 6.07) is 8.01. The van der Waals surface area contributed by atoms with E-state index in [1.807, 2.05) is 39.0 Å². The second-order valence-corrected chi connectivity index (χ2v) is 5.47. The molecule has 0 atom stereocenters. The summed E-state index contributed by atoms with van der Waals surface area (Å²) >= 11 is 0. The van der Waals surface area contributed by atoms with E-state index in [-0.39, 0.29) is 5.91 Å². The predicted molar refractivity (Wildman–Crippen MR) is 94.1 cm³/mol. The van der Waals surface area contributed by atoms with Crippen molar-refractivity contribution in [3.05, 3.63) is 29.8 Å². The molecule has 0 aliphatic heterocycles. The second-order valence-electron chi connectivity index (χ2n) is 5.47. The van der Waals surface area contributed by atoms with Gasteiger partial charge in [0.05, 0.1) is 12.1 Å². The van der Waals surface area contributed by atoms with Crippen molar-refractivity contribution in [2.75, 3.05) is 25.0 Å². The number of amides is 1. The summed E-state index contributed by atoms with van der Waals surface area (Å²) in [7, 11) is 0. The van der Waals surface area contributed by atoms with Crippen LogP contribution in [0.1, 0.15) is 32.3 Å². The highest BCUT2D eigenvalue weighted by molar-refractivity contribution is 5.83. The van der Waals surface area contributed by atoms with Crippen LogP contribution in [0.3, 0.4) is 0 Å². The molecule has 0 saturated carbocycles. The molecule has 2 rings (SSSR count). The van der Waals surface area contributed by atoms with Gasteiger partial charge >= 0.3 is 0 Å². The maximum absolute atomic E-state index is 11.4. The fraction of sp³-hybridized carbons (Fsp3) is 0.444. The molecule has 124 valence electrons. The standard InChI is InChI=1S/C18H25N3O2/c1-4-6-17(22)19-9-10-20-18-13(3)11-14-12-15(23-5-2)7-8-16(14)21-18/h7-8,11-12H,4-6,9-10H2,1-3H3,(H,19,22)(H,20,21). The number of carbonyl (C=O) groups is 1. The van der Waals surface area contributed by atoms with E-state index in [0.29, 0.717) is 26.1 Å². The zero-order valence-corrected chi connectivity index (χ0v) is 14.1. The second kappa shape index (κ2) is 8.36. The van der Waals surface area contributed by atoms with Crippen molar-refractivity contribution < 1.29 is 9.53 Å². The normalized spacial score (nSPS) is 10.6. The lowest BCUT2D eigenvalue weighted by Gasteiger charge is -2.11. The maximum Gasteiger partial charge on any atom is 0.220 e. The molecule has 0 unspecified atom stereocenters.